The van der Waals surface area contributed by atoms with E-state index in [-0.39, 0.29) is 5.91 Å². The second-order valence-corrected chi connectivity index (χ2v) is 6.82. The number of carbonyl (C=O) groups excluding carboxylic acids is 1. The Bertz CT molecular complexity index is 637. The molecule has 0 bridgehead atoms. The molecule has 0 aliphatic carbocycles. The van der Waals surface area contributed by atoms with Gasteiger partial charge in [-0.15, -0.1) is 11.3 Å². The van der Waals surface area contributed by atoms with Crippen molar-refractivity contribution in [2.24, 2.45) is 5.92 Å². The summed E-state index contributed by atoms with van der Waals surface area (Å²) in [5, 5.41) is 4.45. The minimum absolute atomic E-state index is 0.0427. The maximum absolute atomic E-state index is 12.2. The summed E-state index contributed by atoms with van der Waals surface area (Å²) in [5.41, 5.74) is 1.70. The first-order chi connectivity index (χ1) is 9.97. The van der Waals surface area contributed by atoms with Crippen LogP contribution in [0, 0.1) is 12.8 Å². The van der Waals surface area contributed by atoms with Gasteiger partial charge in [0.15, 0.2) is 0 Å². The van der Waals surface area contributed by atoms with Crippen molar-refractivity contribution >= 4 is 28.8 Å². The lowest BCUT2D eigenvalue weighted by Crippen LogP contribution is -2.25. The van der Waals surface area contributed by atoms with Crippen LogP contribution in [0.4, 0.5) is 0 Å². The fourth-order valence-corrected chi connectivity index (χ4v) is 3.08. The minimum Gasteiger partial charge on any atom is -0.351 e. The summed E-state index contributed by atoms with van der Waals surface area (Å²) in [6.07, 6.45) is 0.977. The Kier molecular flexibility index (Phi) is 5.37. The number of halogens is 1. The van der Waals surface area contributed by atoms with Gasteiger partial charge in [-0.2, -0.15) is 0 Å². The van der Waals surface area contributed by atoms with Crippen LogP contribution in [0.3, 0.4) is 0 Å². The van der Waals surface area contributed by atoms with E-state index < -0.39 is 0 Å². The molecule has 1 aromatic heterocycles. The Morgan fingerprint density at radius 2 is 2.19 bits per heavy atom. The first-order valence-electron chi connectivity index (χ1n) is 6.99. The van der Waals surface area contributed by atoms with Gasteiger partial charge in [-0.3, -0.25) is 4.79 Å². The summed E-state index contributed by atoms with van der Waals surface area (Å²) in [6, 6.07) is 7.52. The van der Waals surface area contributed by atoms with Gasteiger partial charge in [-0.1, -0.05) is 37.6 Å². The molecule has 5 heteroatoms. The van der Waals surface area contributed by atoms with E-state index in [4.69, 9.17) is 11.6 Å². The molecule has 1 heterocycles. The number of rotatable bonds is 5. The number of aryl methyl sites for hydroxylation is 1. The van der Waals surface area contributed by atoms with Gasteiger partial charge < -0.3 is 5.32 Å². The van der Waals surface area contributed by atoms with Gasteiger partial charge in [-0.25, -0.2) is 4.98 Å². The molecule has 0 spiro atoms. The summed E-state index contributed by atoms with van der Waals surface area (Å²) in [6.45, 7) is 6.84. The van der Waals surface area contributed by atoms with Gasteiger partial charge in [0.05, 0.1) is 5.69 Å². The van der Waals surface area contributed by atoms with Crippen molar-refractivity contribution in [1.29, 1.82) is 0 Å². The molecule has 0 saturated heterocycles. The van der Waals surface area contributed by atoms with Gasteiger partial charge in [0.25, 0.3) is 5.91 Å². The maximum Gasteiger partial charge on any atom is 0.263 e. The first kappa shape index (κ1) is 16.0. The van der Waals surface area contributed by atoms with Gasteiger partial charge in [0.2, 0.25) is 0 Å². The van der Waals surface area contributed by atoms with Crippen LogP contribution in [0.1, 0.15) is 35.6 Å². The zero-order valence-corrected chi connectivity index (χ0v) is 14.0. The average molecular weight is 323 g/mol. The maximum atomic E-state index is 12.2. The monoisotopic (exact) mass is 322 g/mol. The molecule has 2 aromatic rings. The number of nitrogens with one attached hydrogen (secondary N) is 1. The van der Waals surface area contributed by atoms with Crippen molar-refractivity contribution < 1.29 is 4.79 Å². The molecule has 0 fully saturated rings. The SMILES string of the molecule is Cc1nc(-c2cccc(Cl)c2)sc1C(=O)NCCC(C)C. The van der Waals surface area contributed by atoms with Crippen LogP contribution in [0.5, 0.6) is 0 Å². The summed E-state index contributed by atoms with van der Waals surface area (Å²) in [4.78, 5) is 17.4. The van der Waals surface area contributed by atoms with Crippen LogP contribution in [0.2, 0.25) is 5.02 Å². The number of benzene rings is 1. The third kappa shape index (κ3) is 4.29. The molecule has 0 saturated carbocycles. The topological polar surface area (TPSA) is 42.0 Å². The Balaban J connectivity index is 2.14. The number of aromatic nitrogens is 1. The quantitative estimate of drug-likeness (QED) is 0.877. The molecule has 0 aliphatic rings. The molecule has 112 valence electrons. The number of hydrogen-bond donors (Lipinski definition) is 1. The molecule has 1 aromatic carbocycles. The van der Waals surface area contributed by atoms with Gasteiger partial charge >= 0.3 is 0 Å². The summed E-state index contributed by atoms with van der Waals surface area (Å²) in [5.74, 6) is 0.536. The number of amides is 1. The highest BCUT2D eigenvalue weighted by Gasteiger charge is 2.16. The van der Waals surface area contributed by atoms with Crippen molar-refractivity contribution in [2.75, 3.05) is 6.54 Å². The smallest absolute Gasteiger partial charge is 0.263 e. The molecule has 2 rings (SSSR count). The Hall–Kier alpha value is -1.39. The van der Waals surface area contributed by atoms with Crippen molar-refractivity contribution in [3.63, 3.8) is 0 Å². The van der Waals surface area contributed by atoms with Crippen LogP contribution < -0.4 is 5.32 Å². The predicted molar refractivity (Wildman–Crippen MR) is 89.1 cm³/mol. The summed E-state index contributed by atoms with van der Waals surface area (Å²) in [7, 11) is 0. The molecule has 1 N–H and O–H groups in total. The van der Waals surface area contributed by atoms with Crippen LogP contribution >= 0.6 is 22.9 Å². The van der Waals surface area contributed by atoms with Crippen molar-refractivity contribution in [3.05, 3.63) is 39.9 Å². The molecule has 0 aliphatic heterocycles. The summed E-state index contributed by atoms with van der Waals surface area (Å²) < 4.78 is 0. The molecule has 1 amide bonds. The molecular weight excluding hydrogens is 304 g/mol. The lowest BCUT2D eigenvalue weighted by molar-refractivity contribution is 0.0955. The molecular formula is C16H19ClN2OS. The van der Waals surface area contributed by atoms with E-state index in [0.717, 1.165) is 22.7 Å². The highest BCUT2D eigenvalue weighted by atomic mass is 35.5. The fourth-order valence-electron chi connectivity index (χ4n) is 1.91. The highest BCUT2D eigenvalue weighted by molar-refractivity contribution is 7.17. The molecule has 0 unspecified atom stereocenters. The van der Waals surface area contributed by atoms with Gasteiger partial charge in [-0.05, 0) is 31.4 Å². The van der Waals surface area contributed by atoms with Crippen LogP contribution in [0.15, 0.2) is 24.3 Å². The lowest BCUT2D eigenvalue weighted by atomic mass is 10.1. The third-order valence-corrected chi connectivity index (χ3v) is 4.52. The Morgan fingerprint density at radius 1 is 1.43 bits per heavy atom. The normalized spacial score (nSPS) is 10.9. The Morgan fingerprint density at radius 3 is 2.86 bits per heavy atom. The standard InChI is InChI=1S/C16H19ClN2OS/c1-10(2)7-8-18-15(20)14-11(3)19-16(21-14)12-5-4-6-13(17)9-12/h4-6,9-10H,7-8H2,1-3H3,(H,18,20). The van der Waals surface area contributed by atoms with E-state index >= 15 is 0 Å². The van der Waals surface area contributed by atoms with E-state index in [1.54, 1.807) is 0 Å². The zero-order chi connectivity index (χ0) is 15.4. The average Bonchev–Trinajstić information content (AvgIpc) is 2.80. The Labute approximate surface area is 134 Å². The number of hydrogen-bond acceptors (Lipinski definition) is 3. The van der Waals surface area contributed by atoms with Crippen LogP contribution in [-0.4, -0.2) is 17.4 Å². The number of thiazole rings is 1. The summed E-state index contributed by atoms with van der Waals surface area (Å²) >= 11 is 7.41. The lowest BCUT2D eigenvalue weighted by Gasteiger charge is -2.05. The molecule has 3 nitrogen and oxygen atoms in total. The first-order valence-corrected chi connectivity index (χ1v) is 8.18. The van der Waals surface area contributed by atoms with Crippen LogP contribution in [0.25, 0.3) is 10.6 Å². The van der Waals surface area contributed by atoms with Gasteiger partial charge in [0.1, 0.15) is 9.88 Å². The largest absolute Gasteiger partial charge is 0.351 e. The third-order valence-electron chi connectivity index (χ3n) is 3.08. The molecule has 21 heavy (non-hydrogen) atoms. The second-order valence-electron chi connectivity index (χ2n) is 5.38. The fraction of sp³-hybridized carbons (Fsp3) is 0.375. The van der Waals surface area contributed by atoms with E-state index in [0.29, 0.717) is 22.4 Å². The highest BCUT2D eigenvalue weighted by Crippen LogP contribution is 2.29. The molecule has 0 radical (unpaired) electrons. The predicted octanol–water partition coefficient (Wildman–Crippen LogP) is 4.55. The van der Waals surface area contributed by atoms with E-state index in [2.05, 4.69) is 24.1 Å². The van der Waals surface area contributed by atoms with E-state index in [1.807, 2.05) is 31.2 Å². The van der Waals surface area contributed by atoms with Crippen molar-refractivity contribution in [3.8, 4) is 10.6 Å². The van der Waals surface area contributed by atoms with Crippen molar-refractivity contribution in [2.45, 2.75) is 27.2 Å². The van der Waals surface area contributed by atoms with Gasteiger partial charge in [0, 0.05) is 17.1 Å². The van der Waals surface area contributed by atoms with Crippen molar-refractivity contribution in [1.82, 2.24) is 10.3 Å². The van der Waals surface area contributed by atoms with E-state index in [1.165, 1.54) is 11.3 Å². The number of carbonyl (C=O) groups is 1. The van der Waals surface area contributed by atoms with E-state index in [9.17, 15) is 4.79 Å². The minimum atomic E-state index is -0.0427. The second kappa shape index (κ2) is 7.05. The van der Waals surface area contributed by atoms with Crippen LogP contribution in [-0.2, 0) is 0 Å². The zero-order valence-electron chi connectivity index (χ0n) is 12.4. The number of nitrogens with zero attached hydrogens (tertiary/aromatic N) is 1. The molecule has 0 atom stereocenters.